The molecule has 8 nitrogen and oxygen atoms in total. The van der Waals surface area contributed by atoms with Gasteiger partial charge in [-0.3, -0.25) is 0 Å². The summed E-state index contributed by atoms with van der Waals surface area (Å²) in [6, 6.07) is 0.806. The zero-order valence-corrected chi connectivity index (χ0v) is 13.4. The number of nitriles is 1. The lowest BCUT2D eigenvalue weighted by atomic mass is 10.4. The Morgan fingerprint density at radius 3 is 2.43 bits per heavy atom. The molecular formula is C8H2Cl5N7O. The molecule has 0 spiro atoms. The summed E-state index contributed by atoms with van der Waals surface area (Å²) in [7, 11) is 0. The predicted octanol–water partition coefficient (Wildman–Crippen LogP) is 2.26. The van der Waals surface area contributed by atoms with Gasteiger partial charge in [0.25, 0.3) is 0 Å². The topological polar surface area (TPSA) is 102 Å². The van der Waals surface area contributed by atoms with Crippen LogP contribution in [0.1, 0.15) is 11.6 Å². The van der Waals surface area contributed by atoms with Crippen molar-refractivity contribution in [3.05, 3.63) is 24.3 Å². The Kier molecular flexibility index (Phi) is 4.33. The maximum atomic E-state index is 12.1. The van der Waals surface area contributed by atoms with Gasteiger partial charge in [-0.05, 0) is 0 Å². The first-order valence-electron chi connectivity index (χ1n) is 4.90. The van der Waals surface area contributed by atoms with Crippen molar-refractivity contribution in [2.45, 2.75) is 8.13 Å². The van der Waals surface area contributed by atoms with Gasteiger partial charge in [-0.25, -0.2) is 9.78 Å². The monoisotopic (exact) mass is 387 g/mol. The van der Waals surface area contributed by atoms with Crippen LogP contribution in [0.15, 0.2) is 12.7 Å². The molecule has 110 valence electrons. The minimum atomic E-state index is -2.19. The molecular weight excluding hydrogens is 387 g/mol. The Morgan fingerprint density at radius 2 is 1.95 bits per heavy atom. The van der Waals surface area contributed by atoms with E-state index >= 15 is 0 Å². The molecule has 13 heteroatoms. The number of halogens is 5. The average Bonchev–Trinajstić information content (AvgIpc) is 3.06. The van der Waals surface area contributed by atoms with E-state index in [0.29, 0.717) is 4.68 Å². The molecule has 0 aliphatic rings. The number of hydrogen-bond donors (Lipinski definition) is 0. The minimum Gasteiger partial charge on any atom is -0.243 e. The highest BCUT2D eigenvalue weighted by Crippen LogP contribution is 2.51. The van der Waals surface area contributed by atoms with Gasteiger partial charge in [-0.1, -0.05) is 58.0 Å². The highest BCUT2D eigenvalue weighted by molar-refractivity contribution is 6.75. The minimum absolute atomic E-state index is 0.412. The van der Waals surface area contributed by atoms with Gasteiger partial charge in [0.2, 0.25) is 14.0 Å². The molecule has 0 aromatic carbocycles. The molecule has 0 bridgehead atoms. The van der Waals surface area contributed by atoms with E-state index in [2.05, 4.69) is 20.2 Å². The van der Waals surface area contributed by atoms with Gasteiger partial charge < -0.3 is 0 Å². The van der Waals surface area contributed by atoms with E-state index in [4.69, 9.17) is 63.3 Å². The molecule has 0 unspecified atom stereocenters. The Labute approximate surface area is 142 Å². The molecule has 0 saturated heterocycles. The summed E-state index contributed by atoms with van der Waals surface area (Å²) in [5.74, 6) is -0.832. The second-order valence-corrected chi connectivity index (χ2v) is 7.09. The number of hydrogen-bond acceptors (Lipinski definition) is 6. The van der Waals surface area contributed by atoms with Gasteiger partial charge in [0.15, 0.2) is 5.82 Å². The van der Waals surface area contributed by atoms with Crippen LogP contribution in [0, 0.1) is 11.3 Å². The van der Waals surface area contributed by atoms with E-state index in [0.717, 1.165) is 17.3 Å². The molecule has 0 saturated carbocycles. The van der Waals surface area contributed by atoms with Gasteiger partial charge in [-0.2, -0.15) is 20.0 Å². The number of carbonyl (C=O) groups excluding carboxylic acids is 1. The smallest absolute Gasteiger partial charge is 0.243 e. The molecule has 0 amide bonds. The summed E-state index contributed by atoms with van der Waals surface area (Å²) in [5, 5.41) is 16.3. The first-order chi connectivity index (χ1) is 9.68. The zero-order chi connectivity index (χ0) is 15.8. The van der Waals surface area contributed by atoms with Crippen LogP contribution < -0.4 is 0 Å². The number of carbonyl (C=O) groups is 1. The second-order valence-electron chi connectivity index (χ2n) is 3.48. The van der Waals surface area contributed by atoms with Gasteiger partial charge in [0, 0.05) is 0 Å². The van der Waals surface area contributed by atoms with E-state index in [1.54, 1.807) is 6.07 Å². The van der Waals surface area contributed by atoms with Gasteiger partial charge in [-0.15, -0.1) is 9.78 Å². The van der Waals surface area contributed by atoms with Crippen LogP contribution in [-0.2, 0) is 4.33 Å². The summed E-state index contributed by atoms with van der Waals surface area (Å²) < 4.78 is -2.93. The summed E-state index contributed by atoms with van der Waals surface area (Å²) in [4.78, 5) is 19.3. The van der Waals surface area contributed by atoms with E-state index in [-0.39, 0.29) is 0 Å². The molecule has 0 fully saturated rings. The van der Waals surface area contributed by atoms with Crippen molar-refractivity contribution >= 4 is 64.0 Å². The maximum absolute atomic E-state index is 12.1. The van der Waals surface area contributed by atoms with Crippen LogP contribution in [0.5, 0.6) is 0 Å². The normalized spacial score (nSPS) is 12.2. The van der Waals surface area contributed by atoms with Crippen molar-refractivity contribution in [2.24, 2.45) is 0 Å². The molecule has 0 radical (unpaired) electrons. The summed E-state index contributed by atoms with van der Waals surface area (Å²) >= 11 is 28.6. The van der Waals surface area contributed by atoms with Crippen molar-refractivity contribution in [1.82, 2.24) is 29.5 Å². The zero-order valence-electron chi connectivity index (χ0n) is 9.58. The van der Waals surface area contributed by atoms with Crippen molar-refractivity contribution < 1.29 is 4.79 Å². The third-order valence-corrected chi connectivity index (χ3v) is 4.48. The Bertz CT molecular complexity index is 710. The summed E-state index contributed by atoms with van der Waals surface area (Å²) in [6.45, 7) is 0. The van der Waals surface area contributed by atoms with E-state index in [1.165, 1.54) is 0 Å². The molecule has 0 N–H and O–H groups in total. The van der Waals surface area contributed by atoms with Crippen LogP contribution in [0.4, 0.5) is 4.79 Å². The molecule has 0 aliphatic carbocycles. The van der Waals surface area contributed by atoms with Crippen molar-refractivity contribution in [1.29, 1.82) is 5.26 Å². The number of aromatic nitrogens is 6. The third kappa shape index (κ3) is 2.93. The molecule has 2 aromatic rings. The van der Waals surface area contributed by atoms with Crippen LogP contribution in [0.3, 0.4) is 0 Å². The number of nitrogens with zero attached hydrogens (tertiary/aromatic N) is 7. The van der Waals surface area contributed by atoms with E-state index in [1.807, 2.05) is 0 Å². The highest BCUT2D eigenvalue weighted by Gasteiger charge is 2.51. The van der Waals surface area contributed by atoms with Crippen LogP contribution in [0.25, 0.3) is 0 Å². The Hall–Kier alpha value is -1.11. The number of rotatable bonds is 1. The fraction of sp³-hybridized carbons (Fsp3) is 0.250. The highest BCUT2D eigenvalue weighted by atomic mass is 35.6. The first-order valence-corrected chi connectivity index (χ1v) is 6.79. The van der Waals surface area contributed by atoms with Crippen molar-refractivity contribution in [2.75, 3.05) is 0 Å². The molecule has 2 rings (SSSR count). The average molecular weight is 389 g/mol. The summed E-state index contributed by atoms with van der Waals surface area (Å²) in [6.07, 6.45) is 2.23. The standard InChI is InChI=1S/C8H2Cl5N7O/c9-7(10,8(11,12)13)5-17-4(1-14)20(18-5)6(21)19-3-15-2-16-19/h2-3H. The number of alkyl halides is 5. The molecule has 0 atom stereocenters. The Balaban J connectivity index is 2.52. The molecule has 21 heavy (non-hydrogen) atoms. The van der Waals surface area contributed by atoms with Gasteiger partial charge in [0.05, 0.1) is 0 Å². The predicted molar refractivity (Wildman–Crippen MR) is 74.6 cm³/mol. The molecule has 0 aliphatic heterocycles. The molecule has 2 aromatic heterocycles. The first kappa shape index (κ1) is 16.3. The largest absolute Gasteiger partial charge is 0.373 e. The second kappa shape index (κ2) is 5.59. The quantitative estimate of drug-likeness (QED) is 0.693. The lowest BCUT2D eigenvalue weighted by molar-refractivity contribution is 0.237. The lowest BCUT2D eigenvalue weighted by Gasteiger charge is -2.23. The maximum Gasteiger partial charge on any atom is 0.373 e. The fourth-order valence-electron chi connectivity index (χ4n) is 1.18. The van der Waals surface area contributed by atoms with Crippen LogP contribution in [0.2, 0.25) is 0 Å². The van der Waals surface area contributed by atoms with Crippen LogP contribution in [-0.4, -0.2) is 39.4 Å². The molecule has 2 heterocycles. The Morgan fingerprint density at radius 1 is 1.29 bits per heavy atom. The van der Waals surface area contributed by atoms with Crippen LogP contribution >= 0.6 is 58.0 Å². The van der Waals surface area contributed by atoms with E-state index in [9.17, 15) is 4.79 Å². The van der Waals surface area contributed by atoms with Crippen molar-refractivity contribution in [3.63, 3.8) is 0 Å². The van der Waals surface area contributed by atoms with Gasteiger partial charge in [0.1, 0.15) is 18.7 Å². The van der Waals surface area contributed by atoms with Crippen molar-refractivity contribution in [3.8, 4) is 6.07 Å². The van der Waals surface area contributed by atoms with Gasteiger partial charge >= 0.3 is 6.03 Å². The summed E-state index contributed by atoms with van der Waals surface area (Å²) in [5.41, 5.74) is 0. The lowest BCUT2D eigenvalue weighted by Crippen LogP contribution is -2.30. The van der Waals surface area contributed by atoms with E-state index < -0.39 is 25.8 Å². The third-order valence-electron chi connectivity index (χ3n) is 2.14. The fourth-order valence-corrected chi connectivity index (χ4v) is 1.60. The SMILES string of the molecule is N#Cc1nc(C(Cl)(Cl)C(Cl)(Cl)Cl)nn1C(=O)n1cncn1.